The Balaban J connectivity index is 2.34. The van der Waals surface area contributed by atoms with Crippen LogP contribution in [0, 0.1) is 0 Å². The zero-order valence-electron chi connectivity index (χ0n) is 8.60. The van der Waals surface area contributed by atoms with Crippen molar-refractivity contribution in [3.05, 3.63) is 29.8 Å². The van der Waals surface area contributed by atoms with Crippen molar-refractivity contribution in [3.63, 3.8) is 0 Å². The minimum absolute atomic E-state index is 0.0530. The van der Waals surface area contributed by atoms with E-state index >= 15 is 0 Å². The van der Waals surface area contributed by atoms with Gasteiger partial charge in [0.1, 0.15) is 19.0 Å². The van der Waals surface area contributed by atoms with Gasteiger partial charge in [-0.2, -0.15) is 0 Å². The van der Waals surface area contributed by atoms with E-state index in [1.807, 2.05) is 24.3 Å². The molecule has 0 aliphatic heterocycles. The molecule has 1 aromatic carbocycles. The third-order valence-corrected chi connectivity index (χ3v) is 1.87. The first-order chi connectivity index (χ1) is 7.26. The fourth-order valence-corrected chi connectivity index (χ4v) is 1.05. The zero-order valence-corrected chi connectivity index (χ0v) is 8.60. The Morgan fingerprint density at radius 3 is 2.53 bits per heavy atom. The molecule has 15 heavy (non-hydrogen) atoms. The second-order valence-corrected chi connectivity index (χ2v) is 3.04. The number of carbonyl (C=O) groups is 1. The highest BCUT2D eigenvalue weighted by Gasteiger charge is 1.99. The maximum atomic E-state index is 10.7. The minimum Gasteiger partial charge on any atom is -0.497 e. The van der Waals surface area contributed by atoms with Crippen LogP contribution in [-0.4, -0.2) is 31.2 Å². The van der Waals surface area contributed by atoms with Gasteiger partial charge in [-0.05, 0) is 17.7 Å². The molecule has 0 unspecified atom stereocenters. The molecule has 1 rings (SSSR count). The van der Waals surface area contributed by atoms with Gasteiger partial charge in [0.15, 0.2) is 5.78 Å². The molecule has 1 aromatic rings. The van der Waals surface area contributed by atoms with Gasteiger partial charge in [-0.3, -0.25) is 4.79 Å². The average Bonchev–Trinajstić information content (AvgIpc) is 2.29. The maximum Gasteiger partial charge on any atom is 0.183 e. The molecule has 0 saturated carbocycles. The number of hydrogen-bond acceptors (Lipinski definition) is 4. The smallest absolute Gasteiger partial charge is 0.183 e. The minimum atomic E-state index is -0.470. The van der Waals surface area contributed by atoms with E-state index in [2.05, 4.69) is 0 Å². The summed E-state index contributed by atoms with van der Waals surface area (Å²) in [4.78, 5) is 10.7. The first-order valence-electron chi connectivity index (χ1n) is 4.59. The number of methoxy groups -OCH3 is 1. The van der Waals surface area contributed by atoms with Crippen LogP contribution in [0.2, 0.25) is 0 Å². The van der Waals surface area contributed by atoms with Crippen molar-refractivity contribution in [2.24, 2.45) is 0 Å². The summed E-state index contributed by atoms with van der Waals surface area (Å²) in [6.07, 6.45) is 0. The summed E-state index contributed by atoms with van der Waals surface area (Å²) < 4.78 is 10.1. The molecule has 0 saturated heterocycles. The topological polar surface area (TPSA) is 55.8 Å². The van der Waals surface area contributed by atoms with Gasteiger partial charge in [-0.25, -0.2) is 0 Å². The fourth-order valence-electron chi connectivity index (χ4n) is 1.05. The number of rotatable bonds is 6. The van der Waals surface area contributed by atoms with Crippen LogP contribution in [0.15, 0.2) is 24.3 Å². The lowest BCUT2D eigenvalue weighted by Crippen LogP contribution is -2.12. The first-order valence-corrected chi connectivity index (χ1v) is 4.59. The average molecular weight is 210 g/mol. The molecule has 0 heterocycles. The van der Waals surface area contributed by atoms with Crippen molar-refractivity contribution >= 4 is 5.78 Å². The summed E-state index contributed by atoms with van der Waals surface area (Å²) in [6, 6.07) is 7.38. The van der Waals surface area contributed by atoms with Crippen molar-refractivity contribution in [1.82, 2.24) is 0 Å². The van der Waals surface area contributed by atoms with Gasteiger partial charge in [0, 0.05) is 0 Å². The van der Waals surface area contributed by atoms with Crippen LogP contribution in [0.5, 0.6) is 5.75 Å². The molecule has 4 nitrogen and oxygen atoms in total. The number of aliphatic hydroxyl groups is 1. The van der Waals surface area contributed by atoms with E-state index in [0.29, 0.717) is 6.61 Å². The highest BCUT2D eigenvalue weighted by molar-refractivity contribution is 5.80. The zero-order chi connectivity index (χ0) is 11.1. The van der Waals surface area contributed by atoms with Gasteiger partial charge in [-0.15, -0.1) is 0 Å². The highest BCUT2D eigenvalue weighted by Crippen LogP contribution is 2.11. The molecule has 0 aromatic heterocycles. The number of hydrogen-bond donors (Lipinski definition) is 1. The molecule has 0 aliphatic carbocycles. The SMILES string of the molecule is COc1ccc(COCC(=O)CO)cc1. The second-order valence-electron chi connectivity index (χ2n) is 3.04. The van der Waals surface area contributed by atoms with Crippen LogP contribution in [0.1, 0.15) is 5.56 Å². The Bertz CT molecular complexity index is 305. The Hall–Kier alpha value is -1.39. The van der Waals surface area contributed by atoms with Gasteiger partial charge in [0.25, 0.3) is 0 Å². The predicted molar refractivity (Wildman–Crippen MR) is 54.7 cm³/mol. The van der Waals surface area contributed by atoms with E-state index in [1.165, 1.54) is 0 Å². The van der Waals surface area contributed by atoms with Gasteiger partial charge in [0.2, 0.25) is 0 Å². The van der Waals surface area contributed by atoms with Gasteiger partial charge < -0.3 is 14.6 Å². The third-order valence-electron chi connectivity index (χ3n) is 1.87. The predicted octanol–water partition coefficient (Wildman–Crippen LogP) is 0.773. The third kappa shape index (κ3) is 4.10. The van der Waals surface area contributed by atoms with Crippen molar-refractivity contribution in [1.29, 1.82) is 0 Å². The lowest BCUT2D eigenvalue weighted by molar-refractivity contribution is -0.126. The first kappa shape index (κ1) is 11.7. The normalized spacial score (nSPS) is 10.0. The Labute approximate surface area is 88.4 Å². The van der Waals surface area contributed by atoms with Crippen LogP contribution < -0.4 is 4.74 Å². The molecule has 1 N–H and O–H groups in total. The van der Waals surface area contributed by atoms with Gasteiger partial charge in [0.05, 0.1) is 13.7 Å². The molecule has 0 atom stereocenters. The van der Waals surface area contributed by atoms with Gasteiger partial charge >= 0.3 is 0 Å². The summed E-state index contributed by atoms with van der Waals surface area (Å²) in [5.74, 6) is 0.466. The molecule has 4 heteroatoms. The molecule has 0 amide bonds. The van der Waals surface area contributed by atoms with Crippen LogP contribution >= 0.6 is 0 Å². The highest BCUT2D eigenvalue weighted by atomic mass is 16.5. The monoisotopic (exact) mass is 210 g/mol. The van der Waals surface area contributed by atoms with Crippen LogP contribution in [0.25, 0.3) is 0 Å². The molecular formula is C11H14O4. The summed E-state index contributed by atoms with van der Waals surface area (Å²) in [5, 5.41) is 8.45. The Kier molecular flexibility index (Phi) is 4.80. The van der Waals surface area contributed by atoms with Crippen molar-refractivity contribution in [2.75, 3.05) is 20.3 Å². The van der Waals surface area contributed by atoms with Gasteiger partial charge in [-0.1, -0.05) is 12.1 Å². The van der Waals surface area contributed by atoms with Crippen molar-refractivity contribution in [3.8, 4) is 5.75 Å². The van der Waals surface area contributed by atoms with E-state index in [1.54, 1.807) is 7.11 Å². The maximum absolute atomic E-state index is 10.7. The van der Waals surface area contributed by atoms with E-state index < -0.39 is 6.61 Å². The standard InChI is InChI=1S/C11H14O4/c1-14-11-4-2-9(3-5-11)7-15-8-10(13)6-12/h2-5,12H,6-8H2,1H3. The lowest BCUT2D eigenvalue weighted by atomic mass is 10.2. The number of aliphatic hydroxyl groups excluding tert-OH is 1. The molecule has 0 aliphatic rings. The molecule has 82 valence electrons. The fraction of sp³-hybridized carbons (Fsp3) is 0.364. The Morgan fingerprint density at radius 1 is 1.33 bits per heavy atom. The summed E-state index contributed by atoms with van der Waals surface area (Å²) >= 11 is 0. The van der Waals surface area contributed by atoms with Crippen molar-refractivity contribution in [2.45, 2.75) is 6.61 Å². The van der Waals surface area contributed by atoms with Crippen LogP contribution in [0.3, 0.4) is 0 Å². The number of ketones is 1. The largest absolute Gasteiger partial charge is 0.497 e. The number of ether oxygens (including phenoxy) is 2. The molecular weight excluding hydrogens is 196 g/mol. The summed E-state index contributed by atoms with van der Waals surface area (Å²) in [5.41, 5.74) is 0.960. The second kappa shape index (κ2) is 6.16. The van der Waals surface area contributed by atoms with Crippen LogP contribution in [0.4, 0.5) is 0 Å². The van der Waals surface area contributed by atoms with E-state index in [0.717, 1.165) is 11.3 Å². The summed E-state index contributed by atoms with van der Waals surface area (Å²) in [6.45, 7) is -0.166. The molecule has 0 fully saturated rings. The van der Waals surface area contributed by atoms with Crippen LogP contribution in [-0.2, 0) is 16.1 Å². The number of benzene rings is 1. The van der Waals surface area contributed by atoms with E-state index in [-0.39, 0.29) is 12.4 Å². The van der Waals surface area contributed by atoms with E-state index in [9.17, 15) is 4.79 Å². The number of Topliss-reactive ketones (excluding diaryl/α,β-unsaturated/α-hetero) is 1. The number of carbonyl (C=O) groups excluding carboxylic acids is 1. The lowest BCUT2D eigenvalue weighted by Gasteiger charge is -2.04. The molecule has 0 spiro atoms. The quantitative estimate of drug-likeness (QED) is 0.753. The molecule has 0 bridgehead atoms. The van der Waals surface area contributed by atoms with E-state index in [4.69, 9.17) is 14.6 Å². The van der Waals surface area contributed by atoms with Crippen molar-refractivity contribution < 1.29 is 19.4 Å². The molecule has 0 radical (unpaired) electrons. The Morgan fingerprint density at radius 2 is 2.00 bits per heavy atom. The summed E-state index contributed by atoms with van der Waals surface area (Å²) in [7, 11) is 1.60.